The molecule has 6 heteroatoms. The van der Waals surface area contributed by atoms with Crippen LogP contribution >= 0.6 is 27.7 Å². The summed E-state index contributed by atoms with van der Waals surface area (Å²) >= 11 is 4.63. The largest absolute Gasteiger partial charge is 0.411 e. The molecule has 1 atom stereocenters. The van der Waals surface area contributed by atoms with Gasteiger partial charge in [0.2, 0.25) is 5.89 Å². The molecule has 0 fully saturated rings. The Balaban J connectivity index is 1.71. The van der Waals surface area contributed by atoms with Crippen LogP contribution < -0.4 is 0 Å². The van der Waals surface area contributed by atoms with E-state index in [1.54, 1.807) is 12.1 Å². The fourth-order valence-electron chi connectivity index (χ4n) is 2.01. The first-order valence-electron chi connectivity index (χ1n) is 6.99. The van der Waals surface area contributed by atoms with Gasteiger partial charge in [0.05, 0.1) is 5.25 Å². The third-order valence-electron chi connectivity index (χ3n) is 3.20. The number of nitrogens with zero attached hydrogens (tertiary/aromatic N) is 2. The van der Waals surface area contributed by atoms with Crippen LogP contribution in [-0.2, 0) is 0 Å². The van der Waals surface area contributed by atoms with Gasteiger partial charge in [-0.25, -0.2) is 0 Å². The molecular formula is C17H13BrN2O2S. The highest BCUT2D eigenvalue weighted by atomic mass is 79.9. The maximum absolute atomic E-state index is 12.4. The van der Waals surface area contributed by atoms with Crippen molar-refractivity contribution in [1.29, 1.82) is 0 Å². The minimum absolute atomic E-state index is 0.0296. The number of ketones is 1. The Hall–Kier alpha value is -1.92. The van der Waals surface area contributed by atoms with Crippen molar-refractivity contribution in [2.45, 2.75) is 17.4 Å². The van der Waals surface area contributed by atoms with Gasteiger partial charge < -0.3 is 4.42 Å². The van der Waals surface area contributed by atoms with Crippen LogP contribution in [0.3, 0.4) is 0 Å². The quantitative estimate of drug-likeness (QED) is 0.461. The molecule has 0 spiro atoms. The molecule has 0 aliphatic carbocycles. The van der Waals surface area contributed by atoms with Crippen molar-refractivity contribution in [3.05, 3.63) is 64.6 Å². The number of benzene rings is 2. The number of hydrogen-bond donors (Lipinski definition) is 0. The van der Waals surface area contributed by atoms with E-state index in [0.717, 1.165) is 10.0 Å². The molecule has 0 bridgehead atoms. The minimum atomic E-state index is -0.305. The number of halogens is 1. The maximum atomic E-state index is 12.4. The van der Waals surface area contributed by atoms with E-state index in [0.29, 0.717) is 16.7 Å². The van der Waals surface area contributed by atoms with Gasteiger partial charge in [-0.2, -0.15) is 0 Å². The van der Waals surface area contributed by atoms with Crippen LogP contribution in [0.25, 0.3) is 11.5 Å². The van der Waals surface area contributed by atoms with Crippen LogP contribution in [0, 0.1) is 0 Å². The van der Waals surface area contributed by atoms with Crippen LogP contribution in [0.5, 0.6) is 0 Å². The van der Waals surface area contributed by atoms with Crippen LogP contribution in [0.15, 0.2) is 68.7 Å². The van der Waals surface area contributed by atoms with Gasteiger partial charge in [0.1, 0.15) is 0 Å². The average molecular weight is 389 g/mol. The molecule has 0 radical (unpaired) electrons. The van der Waals surface area contributed by atoms with E-state index < -0.39 is 0 Å². The molecule has 3 rings (SSSR count). The Labute approximate surface area is 146 Å². The molecule has 0 amide bonds. The summed E-state index contributed by atoms with van der Waals surface area (Å²) in [6.07, 6.45) is 0. The standard InChI is InChI=1S/C17H13BrN2O2S/c1-11(15(21)12-7-9-14(18)10-8-12)23-17-20-19-16(22-17)13-5-3-2-4-6-13/h2-11H,1H3/t11-/m0/s1. The lowest BCUT2D eigenvalue weighted by Crippen LogP contribution is -2.13. The molecule has 23 heavy (non-hydrogen) atoms. The molecule has 4 nitrogen and oxygen atoms in total. The Kier molecular flexibility index (Phi) is 4.93. The van der Waals surface area contributed by atoms with Crippen LogP contribution in [0.2, 0.25) is 0 Å². The SMILES string of the molecule is C[C@H](Sc1nnc(-c2ccccc2)o1)C(=O)c1ccc(Br)cc1. The van der Waals surface area contributed by atoms with Gasteiger partial charge in [-0.3, -0.25) is 4.79 Å². The summed E-state index contributed by atoms with van der Waals surface area (Å²) < 4.78 is 6.57. The number of Topliss-reactive ketones (excluding diaryl/α,β-unsaturated/α-hetero) is 1. The van der Waals surface area contributed by atoms with Crippen molar-refractivity contribution in [2.24, 2.45) is 0 Å². The Morgan fingerprint density at radius 1 is 1.09 bits per heavy atom. The van der Waals surface area contributed by atoms with Crippen LogP contribution in [-0.4, -0.2) is 21.2 Å². The Morgan fingerprint density at radius 3 is 2.48 bits per heavy atom. The third kappa shape index (κ3) is 3.89. The molecule has 0 saturated heterocycles. The van der Waals surface area contributed by atoms with Gasteiger partial charge >= 0.3 is 0 Å². The Bertz CT molecular complexity index is 803. The van der Waals surface area contributed by atoms with Gasteiger partial charge in [-0.15, -0.1) is 10.2 Å². The Morgan fingerprint density at radius 2 is 1.78 bits per heavy atom. The predicted molar refractivity (Wildman–Crippen MR) is 93.5 cm³/mol. The van der Waals surface area contributed by atoms with E-state index in [2.05, 4.69) is 26.1 Å². The fraction of sp³-hybridized carbons (Fsp3) is 0.118. The molecule has 1 aromatic heterocycles. The zero-order chi connectivity index (χ0) is 16.2. The molecule has 3 aromatic rings. The summed E-state index contributed by atoms with van der Waals surface area (Å²) in [7, 11) is 0. The number of carbonyl (C=O) groups is 1. The van der Waals surface area contributed by atoms with Crippen LogP contribution in [0.4, 0.5) is 0 Å². The maximum Gasteiger partial charge on any atom is 0.277 e. The van der Waals surface area contributed by atoms with Gasteiger partial charge in [0.25, 0.3) is 5.22 Å². The zero-order valence-electron chi connectivity index (χ0n) is 12.3. The second-order valence-corrected chi connectivity index (χ2v) is 7.08. The van der Waals surface area contributed by atoms with Crippen LogP contribution in [0.1, 0.15) is 17.3 Å². The second-order valence-electron chi connectivity index (χ2n) is 4.87. The number of thioether (sulfide) groups is 1. The summed E-state index contributed by atoms with van der Waals surface area (Å²) in [6, 6.07) is 16.8. The molecule has 1 heterocycles. The van der Waals surface area contributed by atoms with Crippen molar-refractivity contribution >= 4 is 33.5 Å². The molecule has 0 saturated carbocycles. The fourth-order valence-corrected chi connectivity index (χ4v) is 3.03. The molecule has 0 aliphatic heterocycles. The van der Waals surface area contributed by atoms with Crippen molar-refractivity contribution in [3.63, 3.8) is 0 Å². The highest BCUT2D eigenvalue weighted by Crippen LogP contribution is 2.27. The molecule has 0 aliphatic rings. The molecule has 116 valence electrons. The summed E-state index contributed by atoms with van der Waals surface area (Å²) in [5, 5.41) is 8.12. The number of hydrogen-bond acceptors (Lipinski definition) is 5. The van der Waals surface area contributed by atoms with E-state index in [-0.39, 0.29) is 11.0 Å². The summed E-state index contributed by atoms with van der Waals surface area (Å²) in [5.74, 6) is 0.485. The summed E-state index contributed by atoms with van der Waals surface area (Å²) in [5.41, 5.74) is 1.52. The van der Waals surface area contributed by atoms with Gasteiger partial charge in [-0.05, 0) is 31.2 Å². The van der Waals surface area contributed by atoms with Gasteiger partial charge in [0, 0.05) is 15.6 Å². The van der Waals surface area contributed by atoms with Crippen molar-refractivity contribution in [3.8, 4) is 11.5 Å². The van der Waals surface area contributed by atoms with Crippen molar-refractivity contribution in [2.75, 3.05) is 0 Å². The highest BCUT2D eigenvalue weighted by molar-refractivity contribution is 9.10. The highest BCUT2D eigenvalue weighted by Gasteiger charge is 2.20. The molecule has 0 unspecified atom stereocenters. The molecule has 0 N–H and O–H groups in total. The monoisotopic (exact) mass is 388 g/mol. The average Bonchev–Trinajstić information content (AvgIpc) is 3.04. The normalized spacial score (nSPS) is 12.1. The molecular weight excluding hydrogens is 376 g/mol. The van der Waals surface area contributed by atoms with Gasteiger partial charge in [0.15, 0.2) is 5.78 Å². The van der Waals surface area contributed by atoms with Gasteiger partial charge in [-0.1, -0.05) is 58.0 Å². The van der Waals surface area contributed by atoms with E-state index in [1.165, 1.54) is 11.8 Å². The number of rotatable bonds is 5. The van der Waals surface area contributed by atoms with Crippen molar-refractivity contribution in [1.82, 2.24) is 10.2 Å². The lowest BCUT2D eigenvalue weighted by molar-refractivity contribution is 0.0993. The lowest BCUT2D eigenvalue weighted by Gasteiger charge is -2.07. The van der Waals surface area contributed by atoms with E-state index in [9.17, 15) is 4.79 Å². The first-order valence-corrected chi connectivity index (χ1v) is 8.66. The third-order valence-corrected chi connectivity index (χ3v) is 4.67. The summed E-state index contributed by atoms with van der Waals surface area (Å²) in [4.78, 5) is 12.4. The van der Waals surface area contributed by atoms with E-state index >= 15 is 0 Å². The minimum Gasteiger partial charge on any atom is -0.411 e. The number of carbonyl (C=O) groups excluding carboxylic acids is 1. The first kappa shape index (κ1) is 16.0. The zero-order valence-corrected chi connectivity index (χ0v) is 14.7. The predicted octanol–water partition coefficient (Wildman–Crippen LogP) is 4.86. The summed E-state index contributed by atoms with van der Waals surface area (Å²) in [6.45, 7) is 1.83. The van der Waals surface area contributed by atoms with E-state index in [4.69, 9.17) is 4.42 Å². The lowest BCUT2D eigenvalue weighted by atomic mass is 10.1. The smallest absolute Gasteiger partial charge is 0.277 e. The topological polar surface area (TPSA) is 56.0 Å². The first-order chi connectivity index (χ1) is 11.1. The molecule has 2 aromatic carbocycles. The number of aromatic nitrogens is 2. The van der Waals surface area contributed by atoms with Crippen molar-refractivity contribution < 1.29 is 9.21 Å². The van der Waals surface area contributed by atoms with E-state index in [1.807, 2.05) is 49.4 Å². The second kappa shape index (κ2) is 7.10.